The first kappa shape index (κ1) is 28.2. The van der Waals surface area contributed by atoms with E-state index in [-0.39, 0.29) is 35.1 Å². The van der Waals surface area contributed by atoms with Gasteiger partial charge in [0.2, 0.25) is 5.95 Å². The Morgan fingerprint density at radius 3 is 2.51 bits per heavy atom. The van der Waals surface area contributed by atoms with Gasteiger partial charge in [0.25, 0.3) is 0 Å². The number of nitrogens with two attached hydrogens (primary N) is 1. The van der Waals surface area contributed by atoms with Gasteiger partial charge in [-0.05, 0) is 50.0 Å². The fourth-order valence-corrected chi connectivity index (χ4v) is 3.94. The number of benzene rings is 1. The van der Waals surface area contributed by atoms with Gasteiger partial charge in [-0.1, -0.05) is 13.8 Å². The standard InChI is InChI=1S/C23H30F3N7OS/c1-5-33(6-2)8-7-29-17-10-15(9-16(12-17)23(24,25)26)11-19(34)14(3)30-20-18(13-27)21(35-4)32-22(28)31-20/h9-10,12,14,29H,5-8,11H2,1-4H3,(H3,28,30,31,32)/t14-/m0/s1. The van der Waals surface area contributed by atoms with Crippen LogP contribution in [-0.2, 0) is 17.4 Å². The van der Waals surface area contributed by atoms with Crippen molar-refractivity contribution >= 4 is 35.0 Å². The Bertz CT molecular complexity index is 1070. The molecule has 2 rings (SSSR count). The van der Waals surface area contributed by atoms with Gasteiger partial charge >= 0.3 is 6.18 Å². The number of nitrogens with one attached hydrogen (secondary N) is 2. The SMILES string of the molecule is CCN(CC)CCNc1cc(CC(=O)[C@H](C)Nc2nc(N)nc(SC)c2C#N)cc(C(F)(F)F)c1. The van der Waals surface area contributed by atoms with Gasteiger partial charge in [-0.3, -0.25) is 4.79 Å². The van der Waals surface area contributed by atoms with Crippen LogP contribution in [0.2, 0.25) is 0 Å². The number of likely N-dealkylation sites (N-methyl/N-ethyl adjacent to an activating group) is 1. The third kappa shape index (κ3) is 8.00. The Morgan fingerprint density at radius 2 is 1.94 bits per heavy atom. The predicted molar refractivity (Wildman–Crippen MR) is 132 cm³/mol. The number of nitriles is 1. The molecule has 1 atom stereocenters. The highest BCUT2D eigenvalue weighted by molar-refractivity contribution is 7.98. The molecule has 0 amide bonds. The summed E-state index contributed by atoms with van der Waals surface area (Å²) in [5.74, 6) is -0.327. The molecule has 4 N–H and O–H groups in total. The maximum Gasteiger partial charge on any atom is 0.416 e. The van der Waals surface area contributed by atoms with Crippen LogP contribution in [0.15, 0.2) is 23.2 Å². The number of ketones is 1. The van der Waals surface area contributed by atoms with Crippen molar-refractivity contribution in [3.8, 4) is 6.07 Å². The van der Waals surface area contributed by atoms with Crippen LogP contribution in [0.4, 0.5) is 30.6 Å². The number of thioether (sulfide) groups is 1. The molecule has 0 aliphatic heterocycles. The lowest BCUT2D eigenvalue weighted by Crippen LogP contribution is -2.29. The normalized spacial score (nSPS) is 12.3. The molecule has 190 valence electrons. The lowest BCUT2D eigenvalue weighted by molar-refractivity contribution is -0.137. The van der Waals surface area contributed by atoms with Gasteiger partial charge < -0.3 is 21.3 Å². The van der Waals surface area contributed by atoms with E-state index in [1.54, 1.807) is 19.2 Å². The smallest absolute Gasteiger partial charge is 0.384 e. The van der Waals surface area contributed by atoms with Crippen LogP contribution in [0.3, 0.4) is 0 Å². The van der Waals surface area contributed by atoms with E-state index in [9.17, 15) is 23.2 Å². The molecule has 0 saturated heterocycles. The molecule has 1 aromatic carbocycles. The molecular formula is C23H30F3N7OS. The van der Waals surface area contributed by atoms with E-state index in [4.69, 9.17) is 5.73 Å². The van der Waals surface area contributed by atoms with Gasteiger partial charge in [0.15, 0.2) is 11.6 Å². The van der Waals surface area contributed by atoms with Crippen molar-refractivity contribution < 1.29 is 18.0 Å². The van der Waals surface area contributed by atoms with Crippen LogP contribution in [0, 0.1) is 11.3 Å². The summed E-state index contributed by atoms with van der Waals surface area (Å²) in [5.41, 5.74) is 5.55. The first-order valence-electron chi connectivity index (χ1n) is 11.1. The van der Waals surface area contributed by atoms with Gasteiger partial charge in [-0.15, -0.1) is 11.8 Å². The third-order valence-corrected chi connectivity index (χ3v) is 6.07. The highest BCUT2D eigenvalue weighted by Gasteiger charge is 2.31. The topological polar surface area (TPSA) is 120 Å². The molecule has 0 radical (unpaired) electrons. The van der Waals surface area contributed by atoms with Crippen molar-refractivity contribution in [3.05, 3.63) is 34.9 Å². The largest absolute Gasteiger partial charge is 0.416 e. The molecule has 2 aromatic rings. The van der Waals surface area contributed by atoms with Gasteiger partial charge in [0.05, 0.1) is 11.6 Å². The van der Waals surface area contributed by atoms with Gasteiger partial charge in [-0.2, -0.15) is 23.4 Å². The quantitative estimate of drug-likeness (QED) is 0.288. The monoisotopic (exact) mass is 509 g/mol. The number of hydrogen-bond acceptors (Lipinski definition) is 9. The third-order valence-electron chi connectivity index (χ3n) is 5.38. The van der Waals surface area contributed by atoms with Crippen LogP contribution in [0.5, 0.6) is 0 Å². The number of anilines is 3. The second-order valence-corrected chi connectivity index (χ2v) is 8.60. The molecule has 0 unspecified atom stereocenters. The molecule has 8 nitrogen and oxygen atoms in total. The molecular weight excluding hydrogens is 479 g/mol. The Kier molecular flexibility index (Phi) is 10.2. The molecule has 35 heavy (non-hydrogen) atoms. The molecule has 1 aromatic heterocycles. The van der Waals surface area contributed by atoms with E-state index >= 15 is 0 Å². The number of rotatable bonds is 12. The van der Waals surface area contributed by atoms with Crippen LogP contribution in [0.25, 0.3) is 0 Å². The van der Waals surface area contributed by atoms with E-state index < -0.39 is 17.8 Å². The van der Waals surface area contributed by atoms with Crippen LogP contribution < -0.4 is 16.4 Å². The van der Waals surface area contributed by atoms with E-state index in [0.29, 0.717) is 23.8 Å². The lowest BCUT2D eigenvalue weighted by atomic mass is 10.0. The van der Waals surface area contributed by atoms with E-state index in [2.05, 4.69) is 25.5 Å². The van der Waals surface area contributed by atoms with Gasteiger partial charge in [0, 0.05) is 25.2 Å². The van der Waals surface area contributed by atoms with E-state index in [1.807, 2.05) is 19.9 Å². The van der Waals surface area contributed by atoms with Crippen molar-refractivity contribution in [2.75, 3.05) is 48.8 Å². The number of hydrogen-bond donors (Lipinski definition) is 3. The number of nitrogens with zero attached hydrogens (tertiary/aromatic N) is 4. The maximum atomic E-state index is 13.5. The summed E-state index contributed by atoms with van der Waals surface area (Å²) >= 11 is 1.21. The number of carbonyl (C=O) groups excluding carboxylic acids is 1. The Morgan fingerprint density at radius 1 is 1.26 bits per heavy atom. The van der Waals surface area contributed by atoms with Crippen molar-refractivity contribution in [1.29, 1.82) is 5.26 Å². The summed E-state index contributed by atoms with van der Waals surface area (Å²) in [6.07, 6.45) is -3.06. The summed E-state index contributed by atoms with van der Waals surface area (Å²) in [6.45, 7) is 8.42. The molecule has 0 aliphatic carbocycles. The zero-order valence-corrected chi connectivity index (χ0v) is 21.0. The first-order chi connectivity index (χ1) is 16.5. The number of carbonyl (C=O) groups is 1. The lowest BCUT2D eigenvalue weighted by Gasteiger charge is -2.19. The Labute approximate surface area is 207 Å². The van der Waals surface area contributed by atoms with Crippen molar-refractivity contribution in [1.82, 2.24) is 14.9 Å². The number of halogens is 3. The van der Waals surface area contributed by atoms with Crippen LogP contribution >= 0.6 is 11.8 Å². The minimum absolute atomic E-state index is 0.0613. The van der Waals surface area contributed by atoms with Crippen molar-refractivity contribution in [2.45, 2.75) is 44.4 Å². The summed E-state index contributed by atoms with van der Waals surface area (Å²) in [7, 11) is 0. The fourth-order valence-electron chi connectivity index (χ4n) is 3.41. The minimum Gasteiger partial charge on any atom is -0.384 e. The van der Waals surface area contributed by atoms with Gasteiger partial charge in [-0.25, -0.2) is 4.98 Å². The average molecular weight is 510 g/mol. The molecule has 0 saturated carbocycles. The fraction of sp³-hybridized carbons (Fsp3) is 0.478. The molecule has 0 fully saturated rings. The van der Waals surface area contributed by atoms with E-state index in [1.165, 1.54) is 11.8 Å². The maximum absolute atomic E-state index is 13.5. The molecule has 0 bridgehead atoms. The number of aromatic nitrogens is 2. The Hall–Kier alpha value is -3.04. The van der Waals surface area contributed by atoms with E-state index in [0.717, 1.165) is 25.2 Å². The summed E-state index contributed by atoms with van der Waals surface area (Å²) in [6, 6.07) is 4.74. The zero-order valence-electron chi connectivity index (χ0n) is 20.2. The number of nitrogen functional groups attached to an aromatic ring is 1. The molecule has 12 heteroatoms. The van der Waals surface area contributed by atoms with Crippen LogP contribution in [-0.4, -0.2) is 59.1 Å². The second-order valence-electron chi connectivity index (χ2n) is 7.81. The number of Topliss-reactive ketones (excluding diaryl/α,β-unsaturated/α-hetero) is 1. The number of alkyl halides is 3. The highest BCUT2D eigenvalue weighted by atomic mass is 32.2. The molecule has 0 aliphatic rings. The predicted octanol–water partition coefficient (Wildman–Crippen LogP) is 4.04. The Balaban J connectivity index is 2.21. The second kappa shape index (κ2) is 12.6. The molecule has 1 heterocycles. The first-order valence-corrected chi connectivity index (χ1v) is 12.3. The van der Waals surface area contributed by atoms with Crippen molar-refractivity contribution in [3.63, 3.8) is 0 Å². The van der Waals surface area contributed by atoms with Crippen molar-refractivity contribution in [2.24, 2.45) is 0 Å². The zero-order chi connectivity index (χ0) is 26.2. The highest BCUT2D eigenvalue weighted by Crippen LogP contribution is 2.32. The minimum atomic E-state index is -4.55. The average Bonchev–Trinajstić information content (AvgIpc) is 2.80. The summed E-state index contributed by atoms with van der Waals surface area (Å²) in [5, 5.41) is 15.7. The summed E-state index contributed by atoms with van der Waals surface area (Å²) < 4.78 is 40.5. The molecule has 0 spiro atoms. The summed E-state index contributed by atoms with van der Waals surface area (Å²) in [4.78, 5) is 23.0. The van der Waals surface area contributed by atoms with Crippen LogP contribution in [0.1, 0.15) is 37.5 Å². The van der Waals surface area contributed by atoms with Gasteiger partial charge in [0.1, 0.15) is 16.7 Å².